The number of thiol groups is 1. The molecule has 0 fully saturated rings. The van der Waals surface area contributed by atoms with E-state index in [1.807, 2.05) is 44.2 Å². The minimum atomic E-state index is -0.361. The molecule has 1 aromatic rings. The van der Waals surface area contributed by atoms with E-state index in [1.54, 1.807) is 6.08 Å². The van der Waals surface area contributed by atoms with Crippen molar-refractivity contribution in [3.8, 4) is 0 Å². The zero-order chi connectivity index (χ0) is 12.9. The van der Waals surface area contributed by atoms with Crippen LogP contribution in [0.15, 0.2) is 43.0 Å². The van der Waals surface area contributed by atoms with Crippen molar-refractivity contribution >= 4 is 18.9 Å². The molecule has 0 radical (unpaired) electrons. The van der Waals surface area contributed by atoms with Crippen LogP contribution in [0.25, 0.3) is 0 Å². The summed E-state index contributed by atoms with van der Waals surface area (Å²) in [6, 6.07) is 10.1. The second-order valence-corrected chi connectivity index (χ2v) is 4.96. The van der Waals surface area contributed by atoms with E-state index in [1.165, 1.54) is 5.56 Å². The van der Waals surface area contributed by atoms with E-state index in [4.69, 9.17) is 0 Å². The monoisotopic (exact) mass is 250 g/mol. The third kappa shape index (κ3) is 3.63. The van der Waals surface area contributed by atoms with Crippen molar-refractivity contribution in [2.45, 2.75) is 20.3 Å². The molecule has 0 amide bonds. The van der Waals surface area contributed by atoms with E-state index < -0.39 is 0 Å². The highest BCUT2D eigenvalue weighted by Gasteiger charge is 2.34. The van der Waals surface area contributed by atoms with Gasteiger partial charge in [0, 0.05) is 12.9 Å². The summed E-state index contributed by atoms with van der Waals surface area (Å²) in [6.07, 6.45) is 2.41. The number of benzene rings is 1. The van der Waals surface area contributed by atoms with E-state index in [0.29, 0.717) is 0 Å². The van der Waals surface area contributed by atoms with Crippen LogP contribution in [0.1, 0.15) is 19.4 Å². The van der Waals surface area contributed by atoms with E-state index in [2.05, 4.69) is 23.7 Å². The molecule has 0 saturated heterocycles. The Morgan fingerprint density at radius 3 is 2.53 bits per heavy atom. The Morgan fingerprint density at radius 1 is 1.47 bits per heavy atom. The SMILES string of the molecule is C=CC(C(=O)OS)C(C)(C)Cc1ccccc1. The van der Waals surface area contributed by atoms with Crippen LogP contribution in [-0.4, -0.2) is 5.97 Å². The number of carbonyl (C=O) groups is 1. The predicted octanol–water partition coefficient (Wildman–Crippen LogP) is 3.45. The van der Waals surface area contributed by atoms with Crippen molar-refractivity contribution in [1.29, 1.82) is 0 Å². The molecular formula is C14H18O2S. The Hall–Kier alpha value is -1.22. The Labute approximate surface area is 108 Å². The molecular weight excluding hydrogens is 232 g/mol. The van der Waals surface area contributed by atoms with Crippen LogP contribution in [0.5, 0.6) is 0 Å². The van der Waals surface area contributed by atoms with Crippen molar-refractivity contribution < 1.29 is 8.98 Å². The largest absolute Gasteiger partial charge is 0.394 e. The second-order valence-electron chi connectivity index (χ2n) is 4.77. The summed E-state index contributed by atoms with van der Waals surface area (Å²) in [4.78, 5) is 11.6. The fourth-order valence-corrected chi connectivity index (χ4v) is 2.14. The summed E-state index contributed by atoms with van der Waals surface area (Å²) < 4.78 is 4.51. The van der Waals surface area contributed by atoms with Gasteiger partial charge in [-0.05, 0) is 17.4 Å². The summed E-state index contributed by atoms with van der Waals surface area (Å²) in [5.74, 6) is -0.718. The molecule has 1 unspecified atom stereocenters. The highest BCUT2D eigenvalue weighted by molar-refractivity contribution is 7.75. The highest BCUT2D eigenvalue weighted by atomic mass is 32.1. The summed E-state index contributed by atoms with van der Waals surface area (Å²) in [7, 11) is 0. The van der Waals surface area contributed by atoms with Gasteiger partial charge in [-0.1, -0.05) is 50.3 Å². The first-order valence-corrected chi connectivity index (χ1v) is 5.89. The zero-order valence-electron chi connectivity index (χ0n) is 10.2. The van der Waals surface area contributed by atoms with Gasteiger partial charge in [0.15, 0.2) is 0 Å². The lowest BCUT2D eigenvalue weighted by molar-refractivity contribution is -0.139. The molecule has 0 aromatic heterocycles. The molecule has 0 N–H and O–H groups in total. The molecule has 0 aliphatic heterocycles. The molecule has 0 heterocycles. The van der Waals surface area contributed by atoms with Crippen molar-refractivity contribution in [3.05, 3.63) is 48.6 Å². The lowest BCUT2D eigenvalue weighted by Gasteiger charge is -2.30. The molecule has 17 heavy (non-hydrogen) atoms. The van der Waals surface area contributed by atoms with Crippen molar-refractivity contribution in [3.63, 3.8) is 0 Å². The highest BCUT2D eigenvalue weighted by Crippen LogP contribution is 2.33. The summed E-state index contributed by atoms with van der Waals surface area (Å²) in [6.45, 7) is 7.75. The van der Waals surface area contributed by atoms with E-state index in [-0.39, 0.29) is 17.3 Å². The van der Waals surface area contributed by atoms with Crippen LogP contribution < -0.4 is 0 Å². The minimum absolute atomic E-state index is 0.247. The topological polar surface area (TPSA) is 26.3 Å². The van der Waals surface area contributed by atoms with E-state index in [0.717, 1.165) is 6.42 Å². The van der Waals surface area contributed by atoms with Crippen LogP contribution >= 0.6 is 12.9 Å². The predicted molar refractivity (Wildman–Crippen MR) is 72.7 cm³/mol. The fourth-order valence-electron chi connectivity index (χ4n) is 2.02. The van der Waals surface area contributed by atoms with Crippen LogP contribution in [0.3, 0.4) is 0 Å². The van der Waals surface area contributed by atoms with Gasteiger partial charge >= 0.3 is 5.97 Å². The lowest BCUT2D eigenvalue weighted by Crippen LogP contribution is -2.31. The summed E-state index contributed by atoms with van der Waals surface area (Å²) in [5, 5.41) is 0. The maximum Gasteiger partial charge on any atom is 0.325 e. The minimum Gasteiger partial charge on any atom is -0.394 e. The van der Waals surface area contributed by atoms with Gasteiger partial charge in [-0.3, -0.25) is 4.79 Å². The lowest BCUT2D eigenvalue weighted by atomic mass is 9.74. The molecule has 3 heteroatoms. The Bertz CT molecular complexity index is 384. The Balaban J connectivity index is 2.86. The van der Waals surface area contributed by atoms with E-state index >= 15 is 0 Å². The standard InChI is InChI=1S/C14H18O2S/c1-4-12(13(15)16-17)14(2,3)10-11-8-6-5-7-9-11/h4-9,12,17H,1,10H2,2-3H3. The normalized spacial score (nSPS) is 12.9. The summed E-state index contributed by atoms with van der Waals surface area (Å²) in [5.41, 5.74) is 0.944. The molecule has 1 aromatic carbocycles. The Morgan fingerprint density at radius 2 is 2.06 bits per heavy atom. The first-order chi connectivity index (χ1) is 8.01. The van der Waals surface area contributed by atoms with E-state index in [9.17, 15) is 4.79 Å². The van der Waals surface area contributed by atoms with Crippen LogP contribution in [-0.2, 0) is 15.4 Å². The molecule has 0 saturated carbocycles. The molecule has 0 spiro atoms. The number of hydrogen-bond donors (Lipinski definition) is 1. The maximum atomic E-state index is 11.6. The smallest absolute Gasteiger partial charge is 0.325 e. The number of rotatable bonds is 5. The van der Waals surface area contributed by atoms with Crippen molar-refractivity contribution in [2.24, 2.45) is 11.3 Å². The molecule has 2 nitrogen and oxygen atoms in total. The van der Waals surface area contributed by atoms with Gasteiger partial charge in [-0.15, -0.1) is 6.58 Å². The van der Waals surface area contributed by atoms with Crippen LogP contribution in [0.4, 0.5) is 0 Å². The number of hydrogen-bond acceptors (Lipinski definition) is 3. The van der Waals surface area contributed by atoms with Crippen LogP contribution in [0, 0.1) is 11.3 Å². The first-order valence-electron chi connectivity index (χ1n) is 5.53. The van der Waals surface area contributed by atoms with Crippen molar-refractivity contribution in [1.82, 2.24) is 0 Å². The molecule has 92 valence electrons. The van der Waals surface area contributed by atoms with Gasteiger partial charge < -0.3 is 4.18 Å². The van der Waals surface area contributed by atoms with Gasteiger partial charge in [-0.25, -0.2) is 0 Å². The molecule has 1 atom stereocenters. The molecule has 1 rings (SSSR count). The molecule has 0 bridgehead atoms. The zero-order valence-corrected chi connectivity index (χ0v) is 11.1. The third-order valence-electron chi connectivity index (χ3n) is 2.92. The molecule has 0 aliphatic rings. The first kappa shape index (κ1) is 13.8. The number of carbonyl (C=O) groups excluding carboxylic acids is 1. The third-order valence-corrected chi connectivity index (χ3v) is 3.10. The molecule has 0 aliphatic carbocycles. The average Bonchev–Trinajstić information content (AvgIpc) is 2.29. The quantitative estimate of drug-likeness (QED) is 0.492. The van der Waals surface area contributed by atoms with Gasteiger partial charge in [-0.2, -0.15) is 0 Å². The maximum absolute atomic E-state index is 11.6. The van der Waals surface area contributed by atoms with Gasteiger partial charge in [0.1, 0.15) is 0 Å². The Kier molecular flexibility index (Phi) is 4.82. The average molecular weight is 250 g/mol. The fraction of sp³-hybridized carbons (Fsp3) is 0.357. The summed E-state index contributed by atoms with van der Waals surface area (Å²) >= 11 is 3.57. The van der Waals surface area contributed by atoms with Gasteiger partial charge in [0.05, 0.1) is 5.92 Å². The van der Waals surface area contributed by atoms with Crippen molar-refractivity contribution in [2.75, 3.05) is 0 Å². The van der Waals surface area contributed by atoms with Gasteiger partial charge in [0.2, 0.25) is 0 Å². The van der Waals surface area contributed by atoms with Crippen LogP contribution in [0.2, 0.25) is 0 Å². The second kappa shape index (κ2) is 5.92. The van der Waals surface area contributed by atoms with Gasteiger partial charge in [0.25, 0.3) is 0 Å².